The number of para-hydroxylation sites is 1. The van der Waals surface area contributed by atoms with Crippen LogP contribution < -0.4 is 11.0 Å². The van der Waals surface area contributed by atoms with Crippen LogP contribution in [-0.2, 0) is 6.18 Å². The summed E-state index contributed by atoms with van der Waals surface area (Å²) in [4.78, 5) is 28.9. The van der Waals surface area contributed by atoms with Gasteiger partial charge in [-0.2, -0.15) is 13.2 Å². The van der Waals surface area contributed by atoms with E-state index in [9.17, 15) is 22.8 Å². The van der Waals surface area contributed by atoms with E-state index in [2.05, 4.69) is 10.4 Å². The van der Waals surface area contributed by atoms with E-state index in [-0.39, 0.29) is 11.4 Å². The maximum atomic E-state index is 12.6. The van der Waals surface area contributed by atoms with Crippen LogP contribution in [0.2, 0.25) is 0 Å². The Labute approximate surface area is 139 Å². The van der Waals surface area contributed by atoms with Crippen LogP contribution in [0.3, 0.4) is 0 Å². The zero-order chi connectivity index (χ0) is 18.2. The average molecular weight is 347 g/mol. The minimum absolute atomic E-state index is 0.00698. The van der Waals surface area contributed by atoms with E-state index in [0.717, 1.165) is 28.9 Å². The molecule has 2 aromatic carbocycles. The molecule has 1 aromatic heterocycles. The molecule has 25 heavy (non-hydrogen) atoms. The van der Waals surface area contributed by atoms with E-state index < -0.39 is 23.2 Å². The second kappa shape index (κ2) is 6.04. The predicted molar refractivity (Wildman–Crippen MR) is 85.9 cm³/mol. The zero-order valence-electron chi connectivity index (χ0n) is 13.0. The SMILES string of the molecule is Cc1nc2ccccc2c(=O)n1NC(=O)c1ccc(C(F)(F)F)cc1. The smallest absolute Gasteiger partial charge is 0.267 e. The third-order valence-corrected chi connectivity index (χ3v) is 3.63. The molecule has 0 unspecified atom stereocenters. The third kappa shape index (κ3) is 3.23. The lowest BCUT2D eigenvalue weighted by Crippen LogP contribution is -2.35. The fraction of sp³-hybridized carbons (Fsp3) is 0.118. The molecule has 0 saturated carbocycles. The van der Waals surface area contributed by atoms with E-state index >= 15 is 0 Å². The van der Waals surface area contributed by atoms with Gasteiger partial charge in [-0.1, -0.05) is 12.1 Å². The van der Waals surface area contributed by atoms with E-state index in [1.165, 1.54) is 0 Å². The maximum Gasteiger partial charge on any atom is 0.416 e. The molecule has 0 aliphatic heterocycles. The molecule has 1 heterocycles. The van der Waals surface area contributed by atoms with Crippen LogP contribution in [0.25, 0.3) is 10.9 Å². The summed E-state index contributed by atoms with van der Waals surface area (Å²) < 4.78 is 38.7. The molecule has 0 spiro atoms. The van der Waals surface area contributed by atoms with Gasteiger partial charge in [0.1, 0.15) is 5.82 Å². The van der Waals surface area contributed by atoms with Crippen molar-refractivity contribution in [3.05, 3.63) is 75.8 Å². The number of fused-ring (bicyclic) bond motifs is 1. The lowest BCUT2D eigenvalue weighted by Gasteiger charge is -2.12. The number of aryl methyl sites for hydroxylation is 1. The minimum atomic E-state index is -4.48. The van der Waals surface area contributed by atoms with Crippen LogP contribution in [0.4, 0.5) is 13.2 Å². The molecule has 3 aromatic rings. The lowest BCUT2D eigenvalue weighted by molar-refractivity contribution is -0.137. The van der Waals surface area contributed by atoms with Gasteiger partial charge in [-0.15, -0.1) is 0 Å². The van der Waals surface area contributed by atoms with Crippen molar-refractivity contribution in [3.8, 4) is 0 Å². The Morgan fingerprint density at radius 3 is 2.36 bits per heavy atom. The number of aromatic nitrogens is 2. The highest BCUT2D eigenvalue weighted by molar-refractivity contribution is 6.00. The van der Waals surface area contributed by atoms with E-state index in [0.29, 0.717) is 10.9 Å². The lowest BCUT2D eigenvalue weighted by atomic mass is 10.1. The fourth-order valence-electron chi connectivity index (χ4n) is 2.35. The fourth-order valence-corrected chi connectivity index (χ4v) is 2.35. The number of amides is 1. The summed E-state index contributed by atoms with van der Waals surface area (Å²) >= 11 is 0. The molecule has 0 fully saturated rings. The van der Waals surface area contributed by atoms with Crippen molar-refractivity contribution in [1.82, 2.24) is 9.66 Å². The number of halogens is 3. The number of nitrogens with zero attached hydrogens (tertiary/aromatic N) is 2. The topological polar surface area (TPSA) is 64.0 Å². The summed E-state index contributed by atoms with van der Waals surface area (Å²) in [6.45, 7) is 1.54. The second-order valence-corrected chi connectivity index (χ2v) is 5.33. The molecule has 128 valence electrons. The molecule has 0 saturated heterocycles. The molecular formula is C17H12F3N3O2. The number of rotatable bonds is 2. The van der Waals surface area contributed by atoms with Crippen LogP contribution in [-0.4, -0.2) is 15.6 Å². The molecule has 0 bridgehead atoms. The number of carbonyl (C=O) groups is 1. The molecule has 3 rings (SSSR count). The van der Waals surface area contributed by atoms with Crippen LogP contribution in [0.1, 0.15) is 21.7 Å². The highest BCUT2D eigenvalue weighted by Crippen LogP contribution is 2.29. The first kappa shape index (κ1) is 16.7. The number of carbonyl (C=O) groups excluding carboxylic acids is 1. The molecule has 8 heteroatoms. The van der Waals surface area contributed by atoms with Gasteiger partial charge in [-0.05, 0) is 43.3 Å². The summed E-state index contributed by atoms with van der Waals surface area (Å²) in [6.07, 6.45) is -4.48. The molecular weight excluding hydrogens is 335 g/mol. The highest BCUT2D eigenvalue weighted by Gasteiger charge is 2.30. The Morgan fingerprint density at radius 2 is 1.72 bits per heavy atom. The zero-order valence-corrected chi connectivity index (χ0v) is 13.0. The maximum absolute atomic E-state index is 12.6. The van der Waals surface area contributed by atoms with Gasteiger partial charge in [-0.3, -0.25) is 15.0 Å². The molecule has 0 radical (unpaired) electrons. The standard InChI is InChI=1S/C17H12F3N3O2/c1-10-21-14-5-3-2-4-13(14)16(25)23(10)22-15(24)11-6-8-12(9-7-11)17(18,19)20/h2-9H,1H3,(H,22,24). The van der Waals surface area contributed by atoms with Crippen LogP contribution in [0, 0.1) is 6.92 Å². The van der Waals surface area contributed by atoms with Crippen molar-refractivity contribution in [3.63, 3.8) is 0 Å². The number of alkyl halides is 3. The Bertz CT molecular complexity index is 1010. The number of hydrogen-bond acceptors (Lipinski definition) is 3. The van der Waals surface area contributed by atoms with Gasteiger partial charge in [0, 0.05) is 5.56 Å². The van der Waals surface area contributed by atoms with Crippen molar-refractivity contribution in [1.29, 1.82) is 0 Å². The Balaban J connectivity index is 1.93. The van der Waals surface area contributed by atoms with Crippen molar-refractivity contribution in [2.24, 2.45) is 0 Å². The van der Waals surface area contributed by atoms with E-state index in [4.69, 9.17) is 0 Å². The van der Waals surface area contributed by atoms with Crippen molar-refractivity contribution in [2.75, 3.05) is 5.43 Å². The van der Waals surface area contributed by atoms with E-state index in [1.54, 1.807) is 31.2 Å². The van der Waals surface area contributed by atoms with E-state index in [1.807, 2.05) is 0 Å². The quantitative estimate of drug-likeness (QED) is 0.775. The Morgan fingerprint density at radius 1 is 1.08 bits per heavy atom. The molecule has 1 amide bonds. The summed E-state index contributed by atoms with van der Waals surface area (Å²) in [7, 11) is 0. The number of benzene rings is 2. The number of nitrogens with one attached hydrogen (secondary N) is 1. The third-order valence-electron chi connectivity index (χ3n) is 3.63. The highest BCUT2D eigenvalue weighted by atomic mass is 19.4. The number of hydrogen-bond donors (Lipinski definition) is 1. The van der Waals surface area contributed by atoms with Crippen molar-refractivity contribution in [2.45, 2.75) is 13.1 Å². The van der Waals surface area contributed by atoms with Crippen LogP contribution in [0.15, 0.2) is 53.3 Å². The van der Waals surface area contributed by atoms with Gasteiger partial charge in [0.15, 0.2) is 0 Å². The molecule has 5 nitrogen and oxygen atoms in total. The van der Waals surface area contributed by atoms with Gasteiger partial charge >= 0.3 is 6.18 Å². The van der Waals surface area contributed by atoms with Gasteiger partial charge in [0.05, 0.1) is 16.5 Å². The summed E-state index contributed by atoms with van der Waals surface area (Å²) in [5.41, 5.74) is 1.52. The molecule has 1 N–H and O–H groups in total. The van der Waals surface area contributed by atoms with Crippen LogP contribution >= 0.6 is 0 Å². The second-order valence-electron chi connectivity index (χ2n) is 5.33. The van der Waals surface area contributed by atoms with Gasteiger partial charge in [-0.25, -0.2) is 9.66 Å². The van der Waals surface area contributed by atoms with Crippen molar-refractivity contribution >= 4 is 16.8 Å². The molecule has 0 atom stereocenters. The first-order valence-corrected chi connectivity index (χ1v) is 7.24. The normalized spacial score (nSPS) is 11.5. The Kier molecular flexibility index (Phi) is 4.03. The first-order chi connectivity index (χ1) is 11.8. The summed E-state index contributed by atoms with van der Waals surface area (Å²) in [5.74, 6) is -0.458. The Hall–Kier alpha value is -3.16. The monoisotopic (exact) mass is 347 g/mol. The molecule has 0 aliphatic carbocycles. The summed E-state index contributed by atoms with van der Waals surface area (Å²) in [6, 6.07) is 10.4. The largest absolute Gasteiger partial charge is 0.416 e. The van der Waals surface area contributed by atoms with Crippen molar-refractivity contribution < 1.29 is 18.0 Å². The first-order valence-electron chi connectivity index (χ1n) is 7.24. The molecule has 0 aliphatic rings. The van der Waals surface area contributed by atoms with Gasteiger partial charge in [0.25, 0.3) is 11.5 Å². The van der Waals surface area contributed by atoms with Crippen LogP contribution in [0.5, 0.6) is 0 Å². The van der Waals surface area contributed by atoms with Gasteiger partial charge in [0.2, 0.25) is 0 Å². The summed E-state index contributed by atoms with van der Waals surface area (Å²) in [5, 5.41) is 0.320. The predicted octanol–water partition coefficient (Wildman–Crippen LogP) is 3.11. The average Bonchev–Trinajstić information content (AvgIpc) is 2.58. The van der Waals surface area contributed by atoms with Gasteiger partial charge < -0.3 is 0 Å². The minimum Gasteiger partial charge on any atom is -0.267 e.